The van der Waals surface area contributed by atoms with Crippen LogP contribution in [-0.2, 0) is 20.0 Å². The normalized spacial score (nSPS) is 13.4. The summed E-state index contributed by atoms with van der Waals surface area (Å²) in [6.45, 7) is 3.14. The molecule has 1 N–H and O–H groups in total. The number of carbonyl (C=O) groups is 1. The maximum Gasteiger partial charge on any atom is 0.270 e. The minimum atomic E-state index is -0.0959. The van der Waals surface area contributed by atoms with Gasteiger partial charge in [0.05, 0.1) is 18.6 Å². The van der Waals surface area contributed by atoms with Crippen LogP contribution in [0, 0.1) is 6.92 Å². The highest BCUT2D eigenvalue weighted by molar-refractivity contribution is 5.93. The van der Waals surface area contributed by atoms with E-state index in [-0.39, 0.29) is 5.91 Å². The van der Waals surface area contributed by atoms with Crippen molar-refractivity contribution in [2.45, 2.75) is 26.3 Å². The Hall–Kier alpha value is -2.30. The van der Waals surface area contributed by atoms with Gasteiger partial charge >= 0.3 is 0 Å². The number of amides is 1. The number of benzene rings is 1. The first-order valence-electron chi connectivity index (χ1n) is 7.16. The van der Waals surface area contributed by atoms with Gasteiger partial charge in [-0.1, -0.05) is 12.1 Å². The average molecular weight is 285 g/mol. The number of imidazole rings is 1. The lowest BCUT2D eigenvalue weighted by molar-refractivity contribution is 0.0942. The second kappa shape index (κ2) is 5.60. The number of aryl methyl sites for hydroxylation is 3. The van der Waals surface area contributed by atoms with E-state index < -0.39 is 0 Å². The van der Waals surface area contributed by atoms with E-state index in [1.807, 2.05) is 26.1 Å². The summed E-state index contributed by atoms with van der Waals surface area (Å²) in [6, 6.07) is 6.11. The first-order chi connectivity index (χ1) is 10.1. The van der Waals surface area contributed by atoms with Crippen molar-refractivity contribution >= 4 is 5.91 Å². The monoisotopic (exact) mass is 285 g/mol. The number of nitrogens with one attached hydrogen (secondary N) is 1. The van der Waals surface area contributed by atoms with Gasteiger partial charge in [-0.25, -0.2) is 4.98 Å². The maximum absolute atomic E-state index is 12.2. The van der Waals surface area contributed by atoms with Gasteiger partial charge in [0, 0.05) is 13.6 Å². The van der Waals surface area contributed by atoms with Crippen LogP contribution in [0.5, 0.6) is 5.75 Å². The minimum absolute atomic E-state index is 0.0959. The molecule has 0 bridgehead atoms. The zero-order chi connectivity index (χ0) is 14.8. The summed E-state index contributed by atoms with van der Waals surface area (Å²) in [4.78, 5) is 16.3. The van der Waals surface area contributed by atoms with Crippen LogP contribution in [0.4, 0.5) is 0 Å². The van der Waals surface area contributed by atoms with Crippen LogP contribution in [0.2, 0.25) is 0 Å². The Morgan fingerprint density at radius 1 is 1.48 bits per heavy atom. The number of hydrogen-bond acceptors (Lipinski definition) is 3. The molecule has 0 radical (unpaired) electrons. The topological polar surface area (TPSA) is 56.2 Å². The van der Waals surface area contributed by atoms with Crippen molar-refractivity contribution in [1.29, 1.82) is 0 Å². The number of fused-ring (bicyclic) bond motifs is 1. The van der Waals surface area contributed by atoms with E-state index in [0.29, 0.717) is 12.2 Å². The third kappa shape index (κ3) is 2.77. The van der Waals surface area contributed by atoms with Gasteiger partial charge in [-0.3, -0.25) is 4.79 Å². The molecule has 0 spiro atoms. The van der Waals surface area contributed by atoms with Crippen LogP contribution in [0.25, 0.3) is 0 Å². The van der Waals surface area contributed by atoms with Crippen molar-refractivity contribution in [3.05, 3.63) is 47.0 Å². The molecule has 1 amide bonds. The van der Waals surface area contributed by atoms with E-state index in [0.717, 1.165) is 36.5 Å². The number of carbonyl (C=O) groups excluding carboxylic acids is 1. The summed E-state index contributed by atoms with van der Waals surface area (Å²) >= 11 is 0. The van der Waals surface area contributed by atoms with E-state index in [1.165, 1.54) is 5.56 Å². The largest absolute Gasteiger partial charge is 0.493 e. The highest BCUT2D eigenvalue weighted by atomic mass is 16.5. The van der Waals surface area contributed by atoms with Crippen LogP contribution < -0.4 is 10.1 Å². The first kappa shape index (κ1) is 13.7. The number of nitrogens with zero attached hydrogens (tertiary/aromatic N) is 2. The van der Waals surface area contributed by atoms with Crippen molar-refractivity contribution in [3.63, 3.8) is 0 Å². The summed E-state index contributed by atoms with van der Waals surface area (Å²) in [7, 11) is 1.82. The van der Waals surface area contributed by atoms with Crippen LogP contribution in [0.15, 0.2) is 24.5 Å². The predicted molar refractivity (Wildman–Crippen MR) is 79.4 cm³/mol. The standard InChI is InChI=1S/C16H19N3O2/c1-11-15(19(2)10-18-11)16(20)17-9-12-5-6-14-13(8-12)4-3-7-21-14/h5-6,8,10H,3-4,7,9H2,1-2H3,(H,17,20). The second-order valence-corrected chi connectivity index (χ2v) is 5.37. The van der Waals surface area contributed by atoms with E-state index in [2.05, 4.69) is 16.4 Å². The zero-order valence-corrected chi connectivity index (χ0v) is 12.3. The van der Waals surface area contributed by atoms with E-state index >= 15 is 0 Å². The Morgan fingerprint density at radius 2 is 2.33 bits per heavy atom. The molecule has 0 fully saturated rings. The summed E-state index contributed by atoms with van der Waals surface area (Å²) in [5, 5.41) is 2.95. The van der Waals surface area contributed by atoms with Crippen LogP contribution in [0.1, 0.15) is 33.7 Å². The SMILES string of the molecule is Cc1ncn(C)c1C(=O)NCc1ccc2c(c1)CCCO2. The van der Waals surface area contributed by atoms with Gasteiger partial charge in [0.1, 0.15) is 11.4 Å². The Bertz CT molecular complexity index is 657. The fourth-order valence-corrected chi connectivity index (χ4v) is 2.66. The third-order valence-electron chi connectivity index (χ3n) is 3.76. The Labute approximate surface area is 124 Å². The van der Waals surface area contributed by atoms with Gasteiger partial charge in [0.2, 0.25) is 0 Å². The number of aromatic nitrogens is 2. The van der Waals surface area contributed by atoms with Crippen molar-refractivity contribution in [2.75, 3.05) is 6.61 Å². The van der Waals surface area contributed by atoms with Gasteiger partial charge in [0.15, 0.2) is 0 Å². The summed E-state index contributed by atoms with van der Waals surface area (Å²) in [6.07, 6.45) is 3.75. The molecule has 1 aromatic carbocycles. The predicted octanol–water partition coefficient (Wildman–Crippen LogP) is 1.98. The van der Waals surface area contributed by atoms with E-state index in [9.17, 15) is 4.79 Å². The fourth-order valence-electron chi connectivity index (χ4n) is 2.66. The van der Waals surface area contributed by atoms with Crippen molar-refractivity contribution in [3.8, 4) is 5.75 Å². The van der Waals surface area contributed by atoms with Gasteiger partial charge < -0.3 is 14.6 Å². The second-order valence-electron chi connectivity index (χ2n) is 5.37. The Kier molecular flexibility index (Phi) is 3.64. The lowest BCUT2D eigenvalue weighted by Gasteiger charge is -2.18. The van der Waals surface area contributed by atoms with E-state index in [4.69, 9.17) is 4.74 Å². The smallest absolute Gasteiger partial charge is 0.270 e. The number of ether oxygens (including phenoxy) is 1. The van der Waals surface area contributed by atoms with Crippen LogP contribution in [-0.4, -0.2) is 22.1 Å². The molecule has 3 rings (SSSR count). The molecule has 1 aliphatic rings. The van der Waals surface area contributed by atoms with E-state index in [1.54, 1.807) is 10.9 Å². The Morgan fingerprint density at radius 3 is 3.10 bits per heavy atom. The zero-order valence-electron chi connectivity index (χ0n) is 12.3. The molecule has 5 heteroatoms. The molecule has 5 nitrogen and oxygen atoms in total. The summed E-state index contributed by atoms with van der Waals surface area (Å²) in [5.74, 6) is 0.875. The highest BCUT2D eigenvalue weighted by Gasteiger charge is 2.14. The molecular formula is C16H19N3O2. The molecule has 0 atom stereocenters. The molecule has 0 unspecified atom stereocenters. The molecule has 21 heavy (non-hydrogen) atoms. The highest BCUT2D eigenvalue weighted by Crippen LogP contribution is 2.25. The van der Waals surface area contributed by atoms with Gasteiger partial charge in [-0.05, 0) is 37.0 Å². The lowest BCUT2D eigenvalue weighted by Crippen LogP contribution is -2.25. The molecule has 0 saturated carbocycles. The summed E-state index contributed by atoms with van der Waals surface area (Å²) in [5.41, 5.74) is 3.67. The van der Waals surface area contributed by atoms with Crippen molar-refractivity contribution in [1.82, 2.24) is 14.9 Å². The van der Waals surface area contributed by atoms with Crippen LogP contribution in [0.3, 0.4) is 0 Å². The minimum Gasteiger partial charge on any atom is -0.493 e. The van der Waals surface area contributed by atoms with Gasteiger partial charge in [-0.15, -0.1) is 0 Å². The first-order valence-corrected chi connectivity index (χ1v) is 7.16. The molecule has 110 valence electrons. The summed E-state index contributed by atoms with van der Waals surface area (Å²) < 4.78 is 7.34. The lowest BCUT2D eigenvalue weighted by atomic mass is 10.0. The molecular weight excluding hydrogens is 266 g/mol. The molecule has 0 aliphatic carbocycles. The third-order valence-corrected chi connectivity index (χ3v) is 3.76. The van der Waals surface area contributed by atoms with Gasteiger partial charge in [-0.2, -0.15) is 0 Å². The van der Waals surface area contributed by atoms with Crippen molar-refractivity contribution in [2.24, 2.45) is 7.05 Å². The number of hydrogen-bond donors (Lipinski definition) is 1. The molecule has 1 aliphatic heterocycles. The molecule has 1 aromatic heterocycles. The van der Waals surface area contributed by atoms with Gasteiger partial charge in [0.25, 0.3) is 5.91 Å². The fraction of sp³-hybridized carbons (Fsp3) is 0.375. The molecule has 2 aromatic rings. The molecule has 0 saturated heterocycles. The van der Waals surface area contributed by atoms with Crippen LogP contribution >= 0.6 is 0 Å². The maximum atomic E-state index is 12.2. The van der Waals surface area contributed by atoms with Crippen molar-refractivity contribution < 1.29 is 9.53 Å². The average Bonchev–Trinajstić information content (AvgIpc) is 2.84. The molecule has 2 heterocycles. The number of rotatable bonds is 3. The Balaban J connectivity index is 1.69. The quantitative estimate of drug-likeness (QED) is 0.938.